The Morgan fingerprint density at radius 2 is 1.62 bits per heavy atom. The van der Waals surface area contributed by atoms with Crippen LogP contribution < -0.4 is 9.47 Å². The lowest BCUT2D eigenvalue weighted by Gasteiger charge is -2.16. The molecule has 112 valence electrons. The first kappa shape index (κ1) is 15.4. The van der Waals surface area contributed by atoms with E-state index < -0.39 is 6.10 Å². The van der Waals surface area contributed by atoms with Gasteiger partial charge in [-0.1, -0.05) is 23.3 Å². The molecule has 1 atom stereocenters. The van der Waals surface area contributed by atoms with Crippen LogP contribution in [0, 0.1) is 13.8 Å². The molecule has 3 nitrogen and oxygen atoms in total. The van der Waals surface area contributed by atoms with Crippen molar-refractivity contribution in [2.24, 2.45) is 0 Å². The van der Waals surface area contributed by atoms with Crippen LogP contribution in [0.25, 0.3) is 0 Å². The summed E-state index contributed by atoms with van der Waals surface area (Å²) in [5, 5.41) is 9.87. The molecule has 21 heavy (non-hydrogen) atoms. The number of ether oxygens (including phenoxy) is 2. The standard InChI is InChI=1S/C18H22O3/c1-12-5-7-17(20-4)15(9-12)11-21-18-8-6-13(2)10-16(18)14(3)19/h5-10,14,19H,11H2,1-4H3/t14-/m0/s1. The van der Waals surface area contributed by atoms with Gasteiger partial charge < -0.3 is 14.6 Å². The average Bonchev–Trinajstić information content (AvgIpc) is 2.46. The fraction of sp³-hybridized carbons (Fsp3) is 0.333. The summed E-state index contributed by atoms with van der Waals surface area (Å²) in [6.45, 7) is 6.19. The van der Waals surface area contributed by atoms with Gasteiger partial charge in [-0.2, -0.15) is 0 Å². The zero-order chi connectivity index (χ0) is 15.4. The Bertz CT molecular complexity index is 618. The van der Waals surface area contributed by atoms with Gasteiger partial charge in [0.15, 0.2) is 0 Å². The third-order valence-corrected chi connectivity index (χ3v) is 3.43. The Kier molecular flexibility index (Phi) is 4.86. The van der Waals surface area contributed by atoms with Crippen LogP contribution in [0.5, 0.6) is 11.5 Å². The highest BCUT2D eigenvalue weighted by atomic mass is 16.5. The molecule has 0 spiro atoms. The molecule has 2 aromatic carbocycles. The summed E-state index contributed by atoms with van der Waals surface area (Å²) in [5.41, 5.74) is 4.07. The maximum absolute atomic E-state index is 9.87. The molecule has 0 fully saturated rings. The molecule has 2 rings (SSSR count). The number of rotatable bonds is 5. The molecule has 0 aliphatic rings. The first-order valence-corrected chi connectivity index (χ1v) is 7.06. The smallest absolute Gasteiger partial charge is 0.125 e. The third-order valence-electron chi connectivity index (χ3n) is 3.43. The van der Waals surface area contributed by atoms with Crippen LogP contribution in [0.15, 0.2) is 36.4 Å². The number of methoxy groups -OCH3 is 1. The molecule has 0 unspecified atom stereocenters. The molecular formula is C18H22O3. The minimum absolute atomic E-state index is 0.410. The lowest BCUT2D eigenvalue weighted by Crippen LogP contribution is -2.03. The monoisotopic (exact) mass is 286 g/mol. The van der Waals surface area contributed by atoms with Crippen LogP contribution in [0.1, 0.15) is 35.3 Å². The summed E-state index contributed by atoms with van der Waals surface area (Å²) in [5.74, 6) is 1.52. The summed E-state index contributed by atoms with van der Waals surface area (Å²) >= 11 is 0. The van der Waals surface area contributed by atoms with Crippen molar-refractivity contribution in [3.8, 4) is 11.5 Å². The quantitative estimate of drug-likeness (QED) is 0.904. The van der Waals surface area contributed by atoms with E-state index in [1.807, 2.05) is 44.2 Å². The summed E-state index contributed by atoms with van der Waals surface area (Å²) in [7, 11) is 1.65. The Morgan fingerprint density at radius 3 is 2.24 bits per heavy atom. The van der Waals surface area contributed by atoms with Gasteiger partial charge in [-0.3, -0.25) is 0 Å². The van der Waals surface area contributed by atoms with Gasteiger partial charge in [0, 0.05) is 11.1 Å². The minimum atomic E-state index is -0.556. The van der Waals surface area contributed by atoms with Crippen molar-refractivity contribution in [1.82, 2.24) is 0 Å². The van der Waals surface area contributed by atoms with E-state index in [2.05, 4.69) is 6.07 Å². The molecule has 0 saturated carbocycles. The van der Waals surface area contributed by atoms with E-state index in [1.165, 1.54) is 0 Å². The van der Waals surface area contributed by atoms with Gasteiger partial charge in [0.05, 0.1) is 13.2 Å². The first-order chi connectivity index (χ1) is 10.0. The highest BCUT2D eigenvalue weighted by Gasteiger charge is 2.11. The summed E-state index contributed by atoms with van der Waals surface area (Å²) in [6, 6.07) is 11.8. The Balaban J connectivity index is 2.22. The van der Waals surface area contributed by atoms with Gasteiger partial charge in [-0.15, -0.1) is 0 Å². The number of aliphatic hydroxyl groups excluding tert-OH is 1. The molecular weight excluding hydrogens is 264 g/mol. The summed E-state index contributed by atoms with van der Waals surface area (Å²) in [6.07, 6.45) is -0.556. The normalized spacial score (nSPS) is 12.0. The SMILES string of the molecule is COc1ccc(C)cc1COc1ccc(C)cc1[C@H](C)O. The molecule has 0 bridgehead atoms. The predicted octanol–water partition coefficient (Wildman–Crippen LogP) is 3.94. The number of hydrogen-bond donors (Lipinski definition) is 1. The average molecular weight is 286 g/mol. The highest BCUT2D eigenvalue weighted by molar-refractivity contribution is 5.40. The Labute approximate surface area is 126 Å². The Hall–Kier alpha value is -2.00. The molecule has 0 heterocycles. The summed E-state index contributed by atoms with van der Waals surface area (Å²) < 4.78 is 11.3. The van der Waals surface area contributed by atoms with Crippen molar-refractivity contribution in [2.45, 2.75) is 33.5 Å². The van der Waals surface area contributed by atoms with Crippen molar-refractivity contribution in [1.29, 1.82) is 0 Å². The van der Waals surface area contributed by atoms with Gasteiger partial charge in [-0.25, -0.2) is 0 Å². The van der Waals surface area contributed by atoms with Gasteiger partial charge >= 0.3 is 0 Å². The van der Waals surface area contributed by atoms with E-state index in [4.69, 9.17) is 9.47 Å². The number of aliphatic hydroxyl groups is 1. The largest absolute Gasteiger partial charge is 0.496 e. The molecule has 0 saturated heterocycles. The van der Waals surface area contributed by atoms with Crippen LogP contribution in [0.3, 0.4) is 0 Å². The number of hydrogen-bond acceptors (Lipinski definition) is 3. The van der Waals surface area contributed by atoms with E-state index in [9.17, 15) is 5.11 Å². The highest BCUT2D eigenvalue weighted by Crippen LogP contribution is 2.28. The van der Waals surface area contributed by atoms with Gasteiger partial charge in [0.25, 0.3) is 0 Å². The van der Waals surface area contributed by atoms with Crippen molar-refractivity contribution in [2.75, 3.05) is 7.11 Å². The van der Waals surface area contributed by atoms with Gasteiger partial charge in [0.1, 0.15) is 18.1 Å². The predicted molar refractivity (Wildman–Crippen MR) is 83.9 cm³/mol. The molecule has 0 aliphatic heterocycles. The third kappa shape index (κ3) is 3.76. The molecule has 0 aromatic heterocycles. The van der Waals surface area contributed by atoms with E-state index in [0.29, 0.717) is 12.4 Å². The maximum atomic E-state index is 9.87. The van der Waals surface area contributed by atoms with E-state index in [-0.39, 0.29) is 0 Å². The minimum Gasteiger partial charge on any atom is -0.496 e. The second-order valence-corrected chi connectivity index (χ2v) is 5.32. The first-order valence-electron chi connectivity index (χ1n) is 7.06. The Morgan fingerprint density at radius 1 is 1.00 bits per heavy atom. The maximum Gasteiger partial charge on any atom is 0.125 e. The van der Waals surface area contributed by atoms with Crippen LogP contribution in [-0.4, -0.2) is 12.2 Å². The van der Waals surface area contributed by atoms with Crippen LogP contribution in [0.4, 0.5) is 0 Å². The van der Waals surface area contributed by atoms with Gasteiger partial charge in [0.2, 0.25) is 0 Å². The van der Waals surface area contributed by atoms with Crippen molar-refractivity contribution < 1.29 is 14.6 Å². The fourth-order valence-electron chi connectivity index (χ4n) is 2.30. The molecule has 2 aromatic rings. The molecule has 0 radical (unpaired) electrons. The molecule has 0 aliphatic carbocycles. The van der Waals surface area contributed by atoms with E-state index in [0.717, 1.165) is 28.0 Å². The summed E-state index contributed by atoms with van der Waals surface area (Å²) in [4.78, 5) is 0. The second kappa shape index (κ2) is 6.64. The lowest BCUT2D eigenvalue weighted by molar-refractivity contribution is 0.189. The molecule has 0 amide bonds. The van der Waals surface area contributed by atoms with E-state index in [1.54, 1.807) is 14.0 Å². The topological polar surface area (TPSA) is 38.7 Å². The zero-order valence-corrected chi connectivity index (χ0v) is 13.0. The zero-order valence-electron chi connectivity index (χ0n) is 13.0. The van der Waals surface area contributed by atoms with Gasteiger partial charge in [-0.05, 0) is 45.0 Å². The van der Waals surface area contributed by atoms with Crippen molar-refractivity contribution >= 4 is 0 Å². The van der Waals surface area contributed by atoms with Crippen LogP contribution >= 0.6 is 0 Å². The fourth-order valence-corrected chi connectivity index (χ4v) is 2.30. The van der Waals surface area contributed by atoms with Crippen molar-refractivity contribution in [3.05, 3.63) is 58.7 Å². The van der Waals surface area contributed by atoms with Crippen LogP contribution in [-0.2, 0) is 6.61 Å². The van der Waals surface area contributed by atoms with Crippen molar-refractivity contribution in [3.63, 3.8) is 0 Å². The van der Waals surface area contributed by atoms with E-state index >= 15 is 0 Å². The second-order valence-electron chi connectivity index (χ2n) is 5.32. The lowest BCUT2D eigenvalue weighted by atomic mass is 10.1. The number of aryl methyl sites for hydroxylation is 2. The molecule has 3 heteroatoms. The van der Waals surface area contributed by atoms with Crippen LogP contribution in [0.2, 0.25) is 0 Å². The number of benzene rings is 2. The molecule has 1 N–H and O–H groups in total.